The van der Waals surface area contributed by atoms with Gasteiger partial charge in [0.2, 0.25) is 0 Å². The van der Waals surface area contributed by atoms with Gasteiger partial charge in [-0.2, -0.15) is 0 Å². The van der Waals surface area contributed by atoms with E-state index in [1.54, 1.807) is 0 Å². The standard InChI is InChI=1S/C8H18INO/c1-8(2)7-11-6-5-10-4-3-9/h8,10H,3-7H2,1-2H3. The van der Waals surface area contributed by atoms with Crippen LogP contribution in [0.5, 0.6) is 0 Å². The minimum atomic E-state index is 0.652. The van der Waals surface area contributed by atoms with Gasteiger partial charge < -0.3 is 10.1 Å². The summed E-state index contributed by atoms with van der Waals surface area (Å²) in [5, 5.41) is 3.28. The predicted octanol–water partition coefficient (Wildman–Crippen LogP) is 1.68. The quantitative estimate of drug-likeness (QED) is 0.432. The Morgan fingerprint density at radius 1 is 1.36 bits per heavy atom. The normalized spacial score (nSPS) is 10.9. The van der Waals surface area contributed by atoms with E-state index in [-0.39, 0.29) is 0 Å². The molecule has 0 aliphatic carbocycles. The molecule has 0 aromatic carbocycles. The molecule has 3 heteroatoms. The molecule has 0 aromatic heterocycles. The van der Waals surface area contributed by atoms with Gasteiger partial charge in [0.1, 0.15) is 0 Å². The molecule has 0 amide bonds. The van der Waals surface area contributed by atoms with Crippen molar-refractivity contribution in [3.63, 3.8) is 0 Å². The van der Waals surface area contributed by atoms with Crippen molar-refractivity contribution < 1.29 is 4.74 Å². The second-order valence-corrected chi connectivity index (χ2v) is 3.99. The maximum atomic E-state index is 5.38. The number of halogens is 1. The fourth-order valence-corrected chi connectivity index (χ4v) is 1.04. The van der Waals surface area contributed by atoms with Crippen LogP contribution < -0.4 is 5.32 Å². The molecular weight excluding hydrogens is 253 g/mol. The lowest BCUT2D eigenvalue weighted by Gasteiger charge is -2.06. The van der Waals surface area contributed by atoms with Crippen LogP contribution in [-0.4, -0.2) is 30.7 Å². The van der Waals surface area contributed by atoms with E-state index in [0.29, 0.717) is 5.92 Å². The SMILES string of the molecule is CC(C)COCCNCCI. The molecule has 0 saturated carbocycles. The Hall–Kier alpha value is 0.650. The number of rotatable bonds is 7. The summed E-state index contributed by atoms with van der Waals surface area (Å²) in [6.07, 6.45) is 0. The summed E-state index contributed by atoms with van der Waals surface area (Å²) in [6, 6.07) is 0. The third-order valence-corrected chi connectivity index (χ3v) is 1.69. The lowest BCUT2D eigenvalue weighted by atomic mass is 10.2. The second kappa shape index (κ2) is 8.74. The first-order valence-electron chi connectivity index (χ1n) is 4.11. The number of hydrogen-bond acceptors (Lipinski definition) is 2. The molecule has 68 valence electrons. The van der Waals surface area contributed by atoms with Crippen molar-refractivity contribution in [1.29, 1.82) is 0 Å². The third-order valence-electron chi connectivity index (χ3n) is 1.15. The van der Waals surface area contributed by atoms with Crippen molar-refractivity contribution in [1.82, 2.24) is 5.32 Å². The van der Waals surface area contributed by atoms with Crippen LogP contribution in [0.1, 0.15) is 13.8 Å². The number of ether oxygens (including phenoxy) is 1. The molecular formula is C8H18INO. The fourth-order valence-electron chi connectivity index (χ4n) is 0.655. The number of alkyl halides is 1. The van der Waals surface area contributed by atoms with Gasteiger partial charge in [-0.25, -0.2) is 0 Å². The van der Waals surface area contributed by atoms with Crippen molar-refractivity contribution >= 4 is 22.6 Å². The van der Waals surface area contributed by atoms with Crippen LogP contribution in [0.3, 0.4) is 0 Å². The van der Waals surface area contributed by atoms with Gasteiger partial charge in [0.25, 0.3) is 0 Å². The maximum absolute atomic E-state index is 5.38. The highest BCUT2D eigenvalue weighted by atomic mass is 127. The van der Waals surface area contributed by atoms with Crippen molar-refractivity contribution in [2.45, 2.75) is 13.8 Å². The molecule has 0 saturated heterocycles. The third kappa shape index (κ3) is 10.7. The summed E-state index contributed by atoms with van der Waals surface area (Å²) in [4.78, 5) is 0. The van der Waals surface area contributed by atoms with E-state index < -0.39 is 0 Å². The topological polar surface area (TPSA) is 21.3 Å². The average Bonchev–Trinajstić information content (AvgIpc) is 1.96. The summed E-state index contributed by atoms with van der Waals surface area (Å²) in [5.74, 6) is 0.652. The molecule has 1 N–H and O–H groups in total. The lowest BCUT2D eigenvalue weighted by Crippen LogP contribution is -2.22. The Kier molecular flexibility index (Phi) is 9.26. The summed E-state index contributed by atoms with van der Waals surface area (Å²) >= 11 is 2.36. The molecule has 0 heterocycles. The van der Waals surface area contributed by atoms with E-state index in [4.69, 9.17) is 4.74 Å². The van der Waals surface area contributed by atoms with E-state index >= 15 is 0 Å². The van der Waals surface area contributed by atoms with Gasteiger partial charge in [-0.1, -0.05) is 36.4 Å². The second-order valence-electron chi connectivity index (χ2n) is 2.91. The van der Waals surface area contributed by atoms with Crippen LogP contribution in [0.15, 0.2) is 0 Å². The zero-order chi connectivity index (χ0) is 8.53. The van der Waals surface area contributed by atoms with Gasteiger partial charge in [-0.3, -0.25) is 0 Å². The van der Waals surface area contributed by atoms with Gasteiger partial charge in [-0.15, -0.1) is 0 Å². The van der Waals surface area contributed by atoms with Gasteiger partial charge in [0.15, 0.2) is 0 Å². The monoisotopic (exact) mass is 271 g/mol. The molecule has 0 bridgehead atoms. The molecule has 2 nitrogen and oxygen atoms in total. The zero-order valence-corrected chi connectivity index (χ0v) is 9.56. The first-order valence-corrected chi connectivity index (χ1v) is 5.64. The molecule has 0 atom stereocenters. The zero-order valence-electron chi connectivity index (χ0n) is 7.40. The summed E-state index contributed by atoms with van der Waals surface area (Å²) in [6.45, 7) is 8.12. The molecule has 0 fully saturated rings. The molecule has 11 heavy (non-hydrogen) atoms. The van der Waals surface area contributed by atoms with Crippen LogP contribution in [0, 0.1) is 5.92 Å². The minimum Gasteiger partial charge on any atom is -0.380 e. The Labute approximate surface area is 83.2 Å². The Balaban J connectivity index is 2.80. The Bertz CT molecular complexity index is 78.5. The largest absolute Gasteiger partial charge is 0.380 e. The van der Waals surface area contributed by atoms with E-state index in [0.717, 1.165) is 26.3 Å². The van der Waals surface area contributed by atoms with E-state index in [1.165, 1.54) is 4.43 Å². The van der Waals surface area contributed by atoms with Crippen molar-refractivity contribution in [3.8, 4) is 0 Å². The van der Waals surface area contributed by atoms with Crippen molar-refractivity contribution in [2.24, 2.45) is 5.92 Å². The van der Waals surface area contributed by atoms with Crippen molar-refractivity contribution in [2.75, 3.05) is 30.7 Å². The Morgan fingerprint density at radius 3 is 2.64 bits per heavy atom. The first kappa shape index (κ1) is 11.6. The minimum absolute atomic E-state index is 0.652. The number of hydrogen-bond donors (Lipinski definition) is 1. The van der Waals surface area contributed by atoms with Crippen LogP contribution in [0.4, 0.5) is 0 Å². The number of nitrogens with one attached hydrogen (secondary N) is 1. The van der Waals surface area contributed by atoms with Gasteiger partial charge >= 0.3 is 0 Å². The van der Waals surface area contributed by atoms with Crippen LogP contribution in [0.2, 0.25) is 0 Å². The highest BCUT2D eigenvalue weighted by Gasteiger charge is 1.92. The maximum Gasteiger partial charge on any atom is 0.0591 e. The molecule has 0 aliphatic rings. The van der Waals surface area contributed by atoms with Crippen LogP contribution in [-0.2, 0) is 4.74 Å². The molecule has 0 aliphatic heterocycles. The van der Waals surface area contributed by atoms with E-state index in [2.05, 4.69) is 41.8 Å². The molecule has 0 radical (unpaired) electrons. The highest BCUT2D eigenvalue weighted by Crippen LogP contribution is 1.90. The van der Waals surface area contributed by atoms with Gasteiger partial charge in [0.05, 0.1) is 6.61 Å². The first-order chi connectivity index (χ1) is 5.27. The van der Waals surface area contributed by atoms with Crippen LogP contribution >= 0.6 is 22.6 Å². The smallest absolute Gasteiger partial charge is 0.0591 e. The van der Waals surface area contributed by atoms with Gasteiger partial charge in [0, 0.05) is 24.1 Å². The lowest BCUT2D eigenvalue weighted by molar-refractivity contribution is 0.112. The molecule has 0 spiro atoms. The summed E-state index contributed by atoms with van der Waals surface area (Å²) in [7, 11) is 0. The van der Waals surface area contributed by atoms with E-state index in [1.807, 2.05) is 0 Å². The molecule has 0 unspecified atom stereocenters. The van der Waals surface area contributed by atoms with E-state index in [9.17, 15) is 0 Å². The van der Waals surface area contributed by atoms with Gasteiger partial charge in [-0.05, 0) is 5.92 Å². The van der Waals surface area contributed by atoms with Crippen LogP contribution in [0.25, 0.3) is 0 Å². The van der Waals surface area contributed by atoms with Crippen molar-refractivity contribution in [3.05, 3.63) is 0 Å². The summed E-state index contributed by atoms with van der Waals surface area (Å²) < 4.78 is 6.55. The fraction of sp³-hybridized carbons (Fsp3) is 1.00. The predicted molar refractivity (Wildman–Crippen MR) is 57.4 cm³/mol. The highest BCUT2D eigenvalue weighted by molar-refractivity contribution is 14.1. The molecule has 0 aromatic rings. The Morgan fingerprint density at radius 2 is 2.09 bits per heavy atom. The average molecular weight is 271 g/mol. The summed E-state index contributed by atoms with van der Waals surface area (Å²) in [5.41, 5.74) is 0. The molecule has 0 rings (SSSR count).